The molecule has 0 saturated carbocycles. The Balaban J connectivity index is 1.59. The summed E-state index contributed by atoms with van der Waals surface area (Å²) in [4.78, 5) is 35.0. The molecule has 3 heterocycles. The Hall–Kier alpha value is -4.25. The fourth-order valence-corrected chi connectivity index (χ4v) is 4.98. The van der Waals surface area contributed by atoms with Gasteiger partial charge in [-0.2, -0.15) is 0 Å². The van der Waals surface area contributed by atoms with Crippen LogP contribution in [0.3, 0.4) is 0 Å². The van der Waals surface area contributed by atoms with E-state index < -0.39 is 29.5 Å². The first-order valence-corrected chi connectivity index (χ1v) is 13.1. The quantitative estimate of drug-likeness (QED) is 0.261. The number of hydrogen-bond donors (Lipinski definition) is 1. The van der Waals surface area contributed by atoms with Gasteiger partial charge < -0.3 is 10.1 Å². The summed E-state index contributed by atoms with van der Waals surface area (Å²) in [7, 11) is 0. The molecule has 0 spiro atoms. The lowest BCUT2D eigenvalue weighted by atomic mass is 9.95. The van der Waals surface area contributed by atoms with E-state index in [1.165, 1.54) is 47.4 Å². The van der Waals surface area contributed by atoms with Gasteiger partial charge in [-0.1, -0.05) is 24.9 Å². The highest BCUT2D eigenvalue weighted by molar-refractivity contribution is 6.31. The number of anilines is 1. The molecule has 2 aromatic carbocycles. The van der Waals surface area contributed by atoms with Gasteiger partial charge in [0.05, 0.1) is 23.8 Å². The molecule has 5 rings (SSSR count). The van der Waals surface area contributed by atoms with Gasteiger partial charge in [0.2, 0.25) is 5.91 Å². The molecule has 0 saturated heterocycles. The molecule has 2 aromatic heterocycles. The molecule has 1 aliphatic heterocycles. The lowest BCUT2D eigenvalue weighted by Gasteiger charge is -2.23. The Labute approximate surface area is 236 Å². The van der Waals surface area contributed by atoms with Crippen LogP contribution in [0.1, 0.15) is 37.9 Å². The number of carbonyl (C=O) groups is 1. The van der Waals surface area contributed by atoms with E-state index in [9.17, 15) is 27.2 Å². The van der Waals surface area contributed by atoms with Gasteiger partial charge in [-0.25, -0.2) is 9.37 Å². The highest BCUT2D eigenvalue weighted by Crippen LogP contribution is 2.36. The molecule has 0 radical (unpaired) electrons. The number of nitrogens with zero attached hydrogens (tertiary/aromatic N) is 3. The first kappa shape index (κ1) is 28.3. The molecule has 1 amide bonds. The maximum Gasteiger partial charge on any atom is 0.573 e. The van der Waals surface area contributed by atoms with Crippen molar-refractivity contribution in [2.45, 2.75) is 38.6 Å². The zero-order chi connectivity index (χ0) is 29.3. The van der Waals surface area contributed by atoms with Crippen molar-refractivity contribution in [3.63, 3.8) is 0 Å². The fourth-order valence-electron chi connectivity index (χ4n) is 4.80. The third kappa shape index (κ3) is 6.40. The topological polar surface area (TPSA) is 86.1 Å². The van der Waals surface area contributed by atoms with Crippen molar-refractivity contribution >= 4 is 23.2 Å². The third-order valence-electron chi connectivity index (χ3n) is 6.85. The number of ether oxygens (including phenoxy) is 1. The number of amides is 1. The lowest BCUT2D eigenvalue weighted by Crippen LogP contribution is -2.27. The van der Waals surface area contributed by atoms with Gasteiger partial charge in [0.15, 0.2) is 0 Å². The Kier molecular flexibility index (Phi) is 7.81. The minimum Gasteiger partial charge on any atom is -0.405 e. The number of hydrogen-bond acceptors (Lipinski definition) is 5. The van der Waals surface area contributed by atoms with E-state index in [-0.39, 0.29) is 28.1 Å². The van der Waals surface area contributed by atoms with Crippen LogP contribution >= 0.6 is 11.6 Å². The second-order valence-electron chi connectivity index (χ2n) is 9.70. The molecule has 1 N–H and O–H groups in total. The molecule has 0 aliphatic carbocycles. The molecular formula is C29H23ClF4N4O3. The standard InChI is InChI=1S/C29H23ClF4N4O3/c1-16-3-2-4-25(24-11-17(9-10-35-24)20-13-19(31)6-7-22(20)37-28(16)40)38-15-36-23(14-27(38)39)21-12-18(30)5-8-26(21)41-29(32,33)34/h5-16,25H,2-4H2,1H3,(H,37,40)/t16-,25+/m1/s1. The number of rotatable bonds is 3. The monoisotopic (exact) mass is 586 g/mol. The van der Waals surface area contributed by atoms with Gasteiger partial charge in [0.25, 0.3) is 5.56 Å². The van der Waals surface area contributed by atoms with Crippen LogP contribution in [0, 0.1) is 11.7 Å². The summed E-state index contributed by atoms with van der Waals surface area (Å²) in [5.74, 6) is -1.62. The summed E-state index contributed by atoms with van der Waals surface area (Å²) in [5.41, 5.74) is 1.27. The molecule has 2 bridgehead atoms. The summed E-state index contributed by atoms with van der Waals surface area (Å²) in [6.07, 6.45) is -0.734. The first-order chi connectivity index (χ1) is 19.5. The number of nitrogens with one attached hydrogen (secondary N) is 1. The molecular weight excluding hydrogens is 564 g/mol. The van der Waals surface area contributed by atoms with E-state index in [1.807, 2.05) is 0 Å². The molecule has 7 nitrogen and oxygen atoms in total. The van der Waals surface area contributed by atoms with Crippen molar-refractivity contribution in [3.8, 4) is 28.1 Å². The second kappa shape index (κ2) is 11.3. The largest absolute Gasteiger partial charge is 0.573 e. The molecule has 0 unspecified atom stereocenters. The van der Waals surface area contributed by atoms with Crippen LogP contribution < -0.4 is 15.6 Å². The number of aromatic nitrogens is 3. The number of alkyl halides is 3. The molecule has 212 valence electrons. The molecule has 0 fully saturated rings. The van der Waals surface area contributed by atoms with E-state index in [1.54, 1.807) is 19.1 Å². The Morgan fingerprint density at radius 3 is 2.56 bits per heavy atom. The first-order valence-electron chi connectivity index (χ1n) is 12.7. The Bertz CT molecular complexity index is 1670. The fraction of sp³-hybridized carbons (Fsp3) is 0.241. The predicted octanol–water partition coefficient (Wildman–Crippen LogP) is 7.01. The minimum absolute atomic E-state index is 0.0578. The van der Waals surface area contributed by atoms with Gasteiger partial charge in [-0.15, -0.1) is 13.2 Å². The van der Waals surface area contributed by atoms with Crippen molar-refractivity contribution in [3.05, 3.63) is 94.0 Å². The van der Waals surface area contributed by atoms with Crippen LogP contribution in [0.5, 0.6) is 5.75 Å². The lowest BCUT2D eigenvalue weighted by molar-refractivity contribution is -0.274. The van der Waals surface area contributed by atoms with Gasteiger partial charge in [0.1, 0.15) is 11.6 Å². The molecule has 2 atom stereocenters. The van der Waals surface area contributed by atoms with Crippen LogP contribution in [0.2, 0.25) is 5.02 Å². The van der Waals surface area contributed by atoms with Gasteiger partial charge >= 0.3 is 6.36 Å². The molecule has 41 heavy (non-hydrogen) atoms. The van der Waals surface area contributed by atoms with Crippen LogP contribution in [0.4, 0.5) is 23.2 Å². The number of fused-ring (bicyclic) bond motifs is 4. The summed E-state index contributed by atoms with van der Waals surface area (Å²) in [6, 6.07) is 11.5. The number of benzene rings is 2. The van der Waals surface area contributed by atoms with Gasteiger partial charge in [-0.3, -0.25) is 19.1 Å². The van der Waals surface area contributed by atoms with Crippen LogP contribution in [-0.4, -0.2) is 26.8 Å². The predicted molar refractivity (Wildman–Crippen MR) is 145 cm³/mol. The second-order valence-corrected chi connectivity index (χ2v) is 10.1. The summed E-state index contributed by atoms with van der Waals surface area (Å²) in [5, 5.41) is 3.01. The Morgan fingerprint density at radius 1 is 1.00 bits per heavy atom. The van der Waals surface area contributed by atoms with Crippen molar-refractivity contribution in [2.24, 2.45) is 5.92 Å². The third-order valence-corrected chi connectivity index (χ3v) is 7.09. The SMILES string of the molecule is C[C@@H]1CCC[C@H](n2cnc(-c3cc(Cl)ccc3OC(F)(F)F)cc2=O)c2cc(ccn2)-c2cc(F)ccc2NC1=O. The van der Waals surface area contributed by atoms with Crippen molar-refractivity contribution < 1.29 is 27.1 Å². The average Bonchev–Trinajstić information content (AvgIpc) is 2.92. The van der Waals surface area contributed by atoms with Crippen LogP contribution in [-0.2, 0) is 4.79 Å². The van der Waals surface area contributed by atoms with E-state index in [4.69, 9.17) is 11.6 Å². The van der Waals surface area contributed by atoms with E-state index in [0.717, 1.165) is 12.1 Å². The minimum atomic E-state index is -4.96. The Morgan fingerprint density at radius 2 is 1.80 bits per heavy atom. The molecule has 1 aliphatic rings. The van der Waals surface area contributed by atoms with Gasteiger partial charge in [-0.05, 0) is 66.9 Å². The van der Waals surface area contributed by atoms with Crippen molar-refractivity contribution in [1.29, 1.82) is 0 Å². The zero-order valence-corrected chi connectivity index (χ0v) is 22.3. The van der Waals surface area contributed by atoms with Crippen molar-refractivity contribution in [1.82, 2.24) is 14.5 Å². The summed E-state index contributed by atoms with van der Waals surface area (Å²) >= 11 is 6.02. The smallest absolute Gasteiger partial charge is 0.405 e. The highest BCUT2D eigenvalue weighted by Gasteiger charge is 2.32. The zero-order valence-electron chi connectivity index (χ0n) is 21.6. The highest BCUT2D eigenvalue weighted by atomic mass is 35.5. The maximum atomic E-state index is 14.2. The van der Waals surface area contributed by atoms with Crippen LogP contribution in [0.15, 0.2) is 71.9 Å². The van der Waals surface area contributed by atoms with Crippen LogP contribution in [0.25, 0.3) is 22.4 Å². The van der Waals surface area contributed by atoms with E-state index in [2.05, 4.69) is 20.0 Å². The van der Waals surface area contributed by atoms with E-state index >= 15 is 0 Å². The summed E-state index contributed by atoms with van der Waals surface area (Å²) < 4.78 is 58.7. The average molecular weight is 587 g/mol. The number of pyridine rings is 1. The van der Waals surface area contributed by atoms with Crippen molar-refractivity contribution in [2.75, 3.05) is 5.32 Å². The van der Waals surface area contributed by atoms with E-state index in [0.29, 0.717) is 41.8 Å². The number of carbonyl (C=O) groups excluding carboxylic acids is 1. The number of halogens is 5. The normalized spacial score (nSPS) is 17.6. The molecule has 4 aromatic rings. The summed E-state index contributed by atoms with van der Waals surface area (Å²) in [6.45, 7) is 1.78. The molecule has 12 heteroatoms. The maximum absolute atomic E-state index is 14.2. The van der Waals surface area contributed by atoms with Gasteiger partial charge in [0, 0.05) is 40.0 Å².